The molecule has 0 aliphatic carbocycles. The molecule has 1 atom stereocenters. The fraction of sp³-hybridized carbons (Fsp3) is 0.706. The van der Waals surface area contributed by atoms with Crippen molar-refractivity contribution in [2.45, 2.75) is 45.2 Å². The molecule has 8 nitrogen and oxygen atoms in total. The molecule has 26 heavy (non-hydrogen) atoms. The van der Waals surface area contributed by atoms with E-state index in [4.69, 9.17) is 22.1 Å². The van der Waals surface area contributed by atoms with Gasteiger partial charge < -0.3 is 25.7 Å². The van der Waals surface area contributed by atoms with Gasteiger partial charge in [0.25, 0.3) is 0 Å². The number of halogens is 1. The minimum Gasteiger partial charge on any atom is -0.444 e. The van der Waals surface area contributed by atoms with E-state index in [0.717, 1.165) is 18.8 Å². The van der Waals surface area contributed by atoms with Crippen molar-refractivity contribution < 1.29 is 9.53 Å². The first-order valence-corrected chi connectivity index (χ1v) is 9.12. The molecule has 9 heteroatoms. The van der Waals surface area contributed by atoms with E-state index in [1.807, 2.05) is 33.8 Å². The number of amides is 1. The SMILES string of the molecule is CN/N=C(/N)CC(Cl)N=C/C=C(\C)N1CCN(C(=O)OC(C)(C)C)CC1. The highest BCUT2D eigenvalue weighted by molar-refractivity contribution is 6.22. The van der Waals surface area contributed by atoms with Crippen LogP contribution in [0.2, 0.25) is 0 Å². The van der Waals surface area contributed by atoms with Crippen LogP contribution in [0.5, 0.6) is 0 Å². The molecule has 1 fully saturated rings. The Morgan fingerprint density at radius 3 is 2.42 bits per heavy atom. The Morgan fingerprint density at radius 1 is 1.31 bits per heavy atom. The number of hydrazone groups is 1. The smallest absolute Gasteiger partial charge is 0.410 e. The first-order valence-electron chi connectivity index (χ1n) is 8.68. The third-order valence-electron chi connectivity index (χ3n) is 3.63. The molecule has 1 saturated heterocycles. The molecule has 1 aliphatic heterocycles. The van der Waals surface area contributed by atoms with Crippen LogP contribution in [0.25, 0.3) is 0 Å². The second-order valence-electron chi connectivity index (χ2n) is 7.03. The second kappa shape index (κ2) is 10.3. The molecule has 0 aromatic rings. The van der Waals surface area contributed by atoms with Gasteiger partial charge in [-0.3, -0.25) is 4.99 Å². The lowest BCUT2D eigenvalue weighted by Gasteiger charge is -2.37. The zero-order valence-electron chi connectivity index (χ0n) is 16.3. The zero-order valence-corrected chi connectivity index (χ0v) is 17.1. The number of rotatable bonds is 6. The molecule has 1 unspecified atom stereocenters. The van der Waals surface area contributed by atoms with Crippen molar-refractivity contribution in [3.05, 3.63) is 11.8 Å². The van der Waals surface area contributed by atoms with Crippen molar-refractivity contribution in [1.82, 2.24) is 15.2 Å². The summed E-state index contributed by atoms with van der Waals surface area (Å²) in [6.45, 7) is 10.4. The standard InChI is InChI=1S/C17H31ClN6O2/c1-13(6-7-21-14(18)12-15(19)22-20-5)23-8-10-24(11-9-23)16(25)26-17(2,3)4/h6-7,14,20H,8-12H2,1-5H3,(H2,19,22)/b13-6+,21-7?. The molecule has 0 bridgehead atoms. The van der Waals surface area contributed by atoms with Gasteiger partial charge in [0.15, 0.2) is 0 Å². The van der Waals surface area contributed by atoms with Crippen LogP contribution in [0, 0.1) is 0 Å². The van der Waals surface area contributed by atoms with E-state index in [9.17, 15) is 4.79 Å². The molecule has 1 heterocycles. The van der Waals surface area contributed by atoms with Gasteiger partial charge in [0.2, 0.25) is 0 Å². The van der Waals surface area contributed by atoms with Gasteiger partial charge in [-0.25, -0.2) is 4.79 Å². The molecule has 1 rings (SSSR count). The minimum atomic E-state index is -0.472. The Bertz CT molecular complexity index is 548. The first kappa shape index (κ1) is 22.1. The van der Waals surface area contributed by atoms with E-state index in [0.29, 0.717) is 25.3 Å². The Labute approximate surface area is 161 Å². The highest BCUT2D eigenvalue weighted by Gasteiger charge is 2.25. The number of nitrogens with one attached hydrogen (secondary N) is 1. The number of carbonyl (C=O) groups is 1. The number of ether oxygens (including phenoxy) is 1. The van der Waals surface area contributed by atoms with Crippen LogP contribution in [0.3, 0.4) is 0 Å². The molecule has 148 valence electrons. The van der Waals surface area contributed by atoms with Gasteiger partial charge in [0, 0.05) is 51.6 Å². The lowest BCUT2D eigenvalue weighted by Crippen LogP contribution is -2.49. The summed E-state index contributed by atoms with van der Waals surface area (Å²) in [6, 6.07) is 0. The summed E-state index contributed by atoms with van der Waals surface area (Å²) in [5.41, 5.74) is 8.42. The molecule has 0 saturated carbocycles. The number of carbonyl (C=O) groups excluding carboxylic acids is 1. The third kappa shape index (κ3) is 8.42. The van der Waals surface area contributed by atoms with Crippen LogP contribution in [0.15, 0.2) is 21.9 Å². The van der Waals surface area contributed by atoms with E-state index in [2.05, 4.69) is 20.4 Å². The van der Waals surface area contributed by atoms with Gasteiger partial charge in [-0.05, 0) is 33.8 Å². The number of nitrogens with two attached hydrogens (primary N) is 1. The lowest BCUT2D eigenvalue weighted by molar-refractivity contribution is 0.0169. The zero-order chi connectivity index (χ0) is 19.7. The number of allylic oxidation sites excluding steroid dienone is 2. The number of piperazine rings is 1. The molecular weight excluding hydrogens is 356 g/mol. The Balaban J connectivity index is 2.46. The van der Waals surface area contributed by atoms with E-state index >= 15 is 0 Å². The fourth-order valence-electron chi connectivity index (χ4n) is 2.33. The summed E-state index contributed by atoms with van der Waals surface area (Å²) < 4.78 is 5.41. The summed E-state index contributed by atoms with van der Waals surface area (Å²) in [4.78, 5) is 20.3. The predicted molar refractivity (Wildman–Crippen MR) is 107 cm³/mol. The second-order valence-corrected chi connectivity index (χ2v) is 7.53. The van der Waals surface area contributed by atoms with Crippen LogP contribution in [0.1, 0.15) is 34.1 Å². The van der Waals surface area contributed by atoms with Gasteiger partial charge in [0.1, 0.15) is 16.9 Å². The van der Waals surface area contributed by atoms with Crippen LogP contribution in [-0.2, 0) is 4.74 Å². The molecule has 3 N–H and O–H groups in total. The lowest BCUT2D eigenvalue weighted by atomic mass is 10.2. The predicted octanol–water partition coefficient (Wildman–Crippen LogP) is 1.96. The number of hydrogen-bond donors (Lipinski definition) is 2. The molecule has 1 amide bonds. The van der Waals surface area contributed by atoms with Crippen molar-refractivity contribution in [2.75, 3.05) is 33.2 Å². The van der Waals surface area contributed by atoms with Crippen LogP contribution >= 0.6 is 11.6 Å². The number of alkyl halides is 1. The number of nitrogens with zero attached hydrogens (tertiary/aromatic N) is 4. The maximum absolute atomic E-state index is 12.1. The molecule has 0 aromatic carbocycles. The maximum atomic E-state index is 12.1. The first-order chi connectivity index (χ1) is 12.1. The fourth-order valence-corrected chi connectivity index (χ4v) is 2.56. The molecule has 0 aromatic heterocycles. The van der Waals surface area contributed by atoms with Gasteiger partial charge in [-0.15, -0.1) is 0 Å². The van der Waals surface area contributed by atoms with Crippen LogP contribution in [-0.4, -0.2) is 72.3 Å². The van der Waals surface area contributed by atoms with Gasteiger partial charge in [-0.1, -0.05) is 11.6 Å². The molecule has 1 aliphatic rings. The van der Waals surface area contributed by atoms with E-state index in [1.165, 1.54) is 0 Å². The average Bonchev–Trinajstić information content (AvgIpc) is 2.53. The number of hydrogen-bond acceptors (Lipinski definition) is 6. The normalized spacial score (nSPS) is 18.2. The van der Waals surface area contributed by atoms with Crippen molar-refractivity contribution in [2.24, 2.45) is 15.8 Å². The van der Waals surface area contributed by atoms with Crippen LogP contribution in [0.4, 0.5) is 4.79 Å². The van der Waals surface area contributed by atoms with Gasteiger partial charge >= 0.3 is 6.09 Å². The summed E-state index contributed by atoms with van der Waals surface area (Å²) in [6.07, 6.45) is 3.70. The highest BCUT2D eigenvalue weighted by Crippen LogP contribution is 2.14. The van der Waals surface area contributed by atoms with Crippen molar-refractivity contribution in [1.29, 1.82) is 0 Å². The van der Waals surface area contributed by atoms with Crippen molar-refractivity contribution in [3.8, 4) is 0 Å². The Kier molecular flexibility index (Phi) is 8.71. The maximum Gasteiger partial charge on any atom is 0.410 e. The number of aliphatic imine (C=N–C) groups is 1. The van der Waals surface area contributed by atoms with E-state index in [-0.39, 0.29) is 6.09 Å². The van der Waals surface area contributed by atoms with Gasteiger partial charge in [0.05, 0.1) is 0 Å². The highest BCUT2D eigenvalue weighted by atomic mass is 35.5. The molecular formula is C17H31ClN6O2. The summed E-state index contributed by atoms with van der Waals surface area (Å²) in [5, 5.41) is 3.84. The molecule has 0 spiro atoms. The van der Waals surface area contributed by atoms with Crippen LogP contribution < -0.4 is 11.2 Å². The minimum absolute atomic E-state index is 0.258. The third-order valence-corrected chi connectivity index (χ3v) is 3.89. The largest absolute Gasteiger partial charge is 0.444 e. The summed E-state index contributed by atoms with van der Waals surface area (Å²) in [5.74, 6) is 0.406. The van der Waals surface area contributed by atoms with Crippen molar-refractivity contribution >= 4 is 29.7 Å². The summed E-state index contributed by atoms with van der Waals surface area (Å²) >= 11 is 6.10. The average molecular weight is 387 g/mol. The molecule has 0 radical (unpaired) electrons. The Morgan fingerprint density at radius 2 is 1.88 bits per heavy atom. The van der Waals surface area contributed by atoms with Gasteiger partial charge in [-0.2, -0.15) is 5.10 Å². The van der Waals surface area contributed by atoms with E-state index in [1.54, 1.807) is 18.2 Å². The van der Waals surface area contributed by atoms with E-state index < -0.39 is 11.1 Å². The summed E-state index contributed by atoms with van der Waals surface area (Å²) in [7, 11) is 1.67. The van der Waals surface area contributed by atoms with Crippen molar-refractivity contribution in [3.63, 3.8) is 0 Å². The topological polar surface area (TPSA) is 95.5 Å². The Hall–Kier alpha value is -1.96. The number of amidine groups is 1. The quantitative estimate of drug-likeness (QED) is 0.239. The monoisotopic (exact) mass is 386 g/mol.